The molecule has 4 aliphatic carbocycles. The van der Waals surface area contributed by atoms with E-state index >= 15 is 4.39 Å². The average Bonchev–Trinajstić information content (AvgIpc) is 3.09. The molecule has 4 fully saturated rings. The number of ether oxygens (including phenoxy) is 2. The number of carbonyl (C=O) groups excluding carboxylic acids is 2. The number of carboxylic acids is 1. The number of aliphatic hydroxyl groups is 5. The molecule has 0 radical (unpaired) electrons. The van der Waals surface area contributed by atoms with Gasteiger partial charge in [-0.3, -0.25) is 9.59 Å². The Morgan fingerprint density at radius 3 is 2.45 bits per heavy atom. The van der Waals surface area contributed by atoms with Crippen molar-refractivity contribution in [2.75, 3.05) is 6.61 Å². The Morgan fingerprint density at radius 1 is 1.12 bits per heavy atom. The van der Waals surface area contributed by atoms with Crippen molar-refractivity contribution >= 4 is 17.5 Å². The predicted octanol–water partition coefficient (Wildman–Crippen LogP) is -0.188. The van der Waals surface area contributed by atoms with Crippen LogP contribution < -0.4 is 0 Å². The van der Waals surface area contributed by atoms with Gasteiger partial charge in [0.05, 0.1) is 6.10 Å². The molecule has 0 unspecified atom stereocenters. The van der Waals surface area contributed by atoms with Gasteiger partial charge in [0.15, 0.2) is 29.6 Å². The number of hydrogen-bond donors (Lipinski definition) is 6. The highest BCUT2D eigenvalue weighted by Gasteiger charge is 2.75. The fourth-order valence-corrected chi connectivity index (χ4v) is 8.60. The van der Waals surface area contributed by atoms with E-state index in [0.717, 1.165) is 0 Å². The SMILES string of the molecule is C[C@@H]1C[C@H]2[C@@H]3CCC4=CC(=O)C=C[C@]4(C)[C@@]3(F)[C@H](O)C[C@]2(C)[C@@]1(O)C(=O)CO[C@@H]1O[C@H](C(=O)O)[C@@H](O)[C@H](O)[C@H]1O. The Bertz CT molecular complexity index is 1170. The maximum Gasteiger partial charge on any atom is 0.335 e. The lowest BCUT2D eigenvalue weighted by Gasteiger charge is -2.62. The lowest BCUT2D eigenvalue weighted by molar-refractivity contribution is -0.293. The maximum absolute atomic E-state index is 17.3. The first kappa shape index (κ1) is 29.4. The molecule has 1 heterocycles. The number of halogens is 1. The molecule has 0 spiro atoms. The molecule has 11 nitrogen and oxygen atoms in total. The molecular weight excluding hydrogens is 531 g/mol. The second kappa shape index (κ2) is 9.48. The zero-order valence-corrected chi connectivity index (χ0v) is 22.6. The van der Waals surface area contributed by atoms with Crippen molar-refractivity contribution in [3.05, 3.63) is 23.8 Å². The number of Topliss-reactive ketones (excluding diaryl/α,β-unsaturated/α-hetero) is 1. The van der Waals surface area contributed by atoms with Crippen LogP contribution in [0.3, 0.4) is 0 Å². The molecule has 0 aromatic carbocycles. The van der Waals surface area contributed by atoms with E-state index in [1.807, 2.05) is 0 Å². The molecule has 222 valence electrons. The standard InChI is InChI=1S/C28H37FO11/c1-12-8-16-15-5-4-13-9-14(30)6-7-25(13,2)27(15,29)17(31)10-26(16,3)28(12,38)18(32)11-39-24-21(35)19(33)20(34)22(40-24)23(36)37/h6-7,9,12,15-17,19-22,24,31,33-35,38H,4-5,8,10-11H2,1-3H3,(H,36,37)/t12-,15+,16+,17-,19+,20+,21-,22+,24-,25+,26+,27+,28+/m1/s1. The zero-order chi connectivity index (χ0) is 29.6. The normalized spacial score (nSPS) is 51.9. The zero-order valence-electron chi connectivity index (χ0n) is 22.6. The molecule has 1 aliphatic heterocycles. The summed E-state index contributed by atoms with van der Waals surface area (Å²) in [6.07, 6.45) is -5.93. The third kappa shape index (κ3) is 3.70. The second-order valence-electron chi connectivity index (χ2n) is 12.6. The fraction of sp³-hybridized carbons (Fsp3) is 0.750. The van der Waals surface area contributed by atoms with Crippen LogP contribution >= 0.6 is 0 Å². The molecule has 1 saturated heterocycles. The van der Waals surface area contributed by atoms with Crippen molar-refractivity contribution in [1.29, 1.82) is 0 Å². The van der Waals surface area contributed by atoms with Gasteiger partial charge in [0.25, 0.3) is 0 Å². The van der Waals surface area contributed by atoms with E-state index in [2.05, 4.69) is 0 Å². The van der Waals surface area contributed by atoms with Gasteiger partial charge in [-0.05, 0) is 56.6 Å². The summed E-state index contributed by atoms with van der Waals surface area (Å²) in [5.41, 5.74) is -6.07. The van der Waals surface area contributed by atoms with Gasteiger partial charge < -0.3 is 40.1 Å². The van der Waals surface area contributed by atoms with E-state index in [4.69, 9.17) is 9.47 Å². The number of carbonyl (C=O) groups is 3. The van der Waals surface area contributed by atoms with Gasteiger partial charge in [-0.25, -0.2) is 9.18 Å². The van der Waals surface area contributed by atoms with Crippen LogP contribution in [0.2, 0.25) is 0 Å². The van der Waals surface area contributed by atoms with Gasteiger partial charge in [-0.2, -0.15) is 0 Å². The molecule has 0 aromatic heterocycles. The monoisotopic (exact) mass is 568 g/mol. The largest absolute Gasteiger partial charge is 0.479 e. The smallest absolute Gasteiger partial charge is 0.335 e. The Labute approximate surface area is 230 Å². The highest BCUT2D eigenvalue weighted by Crippen LogP contribution is 2.70. The van der Waals surface area contributed by atoms with Gasteiger partial charge in [0, 0.05) is 16.7 Å². The summed E-state index contributed by atoms with van der Waals surface area (Å²) in [6.45, 7) is 4.16. The molecule has 0 bridgehead atoms. The van der Waals surface area contributed by atoms with Crippen molar-refractivity contribution in [2.24, 2.45) is 28.6 Å². The number of allylic oxidation sites excluding steroid dienone is 4. The highest BCUT2D eigenvalue weighted by atomic mass is 19.1. The van der Waals surface area contributed by atoms with Gasteiger partial charge >= 0.3 is 5.97 Å². The molecular formula is C28H37FO11. The quantitative estimate of drug-likeness (QED) is 0.258. The fourth-order valence-electron chi connectivity index (χ4n) is 8.60. The van der Waals surface area contributed by atoms with Crippen LogP contribution in [-0.4, -0.2) is 103 Å². The number of carboxylic acid groups (broad SMARTS) is 1. The van der Waals surface area contributed by atoms with Gasteiger partial charge in [-0.1, -0.05) is 25.5 Å². The molecule has 5 rings (SSSR count). The molecule has 0 amide bonds. The molecule has 40 heavy (non-hydrogen) atoms. The third-order valence-corrected chi connectivity index (χ3v) is 10.8. The minimum Gasteiger partial charge on any atom is -0.479 e. The lowest BCUT2D eigenvalue weighted by Crippen LogP contribution is -2.69. The lowest BCUT2D eigenvalue weighted by atomic mass is 9.44. The van der Waals surface area contributed by atoms with Gasteiger partial charge in [0.1, 0.15) is 30.5 Å². The number of ketones is 2. The Morgan fingerprint density at radius 2 is 1.80 bits per heavy atom. The summed E-state index contributed by atoms with van der Waals surface area (Å²) in [5.74, 6) is -4.56. The van der Waals surface area contributed by atoms with Crippen LogP contribution in [0.15, 0.2) is 23.8 Å². The van der Waals surface area contributed by atoms with Gasteiger partial charge in [0.2, 0.25) is 0 Å². The summed E-state index contributed by atoms with van der Waals surface area (Å²) in [7, 11) is 0. The van der Waals surface area contributed by atoms with Crippen molar-refractivity contribution in [1.82, 2.24) is 0 Å². The summed E-state index contributed by atoms with van der Waals surface area (Å²) in [4.78, 5) is 37.0. The first-order valence-corrected chi connectivity index (χ1v) is 13.6. The first-order valence-electron chi connectivity index (χ1n) is 13.6. The van der Waals surface area contributed by atoms with E-state index in [-0.39, 0.29) is 18.6 Å². The van der Waals surface area contributed by atoms with E-state index in [0.29, 0.717) is 18.4 Å². The van der Waals surface area contributed by atoms with Crippen molar-refractivity contribution in [3.63, 3.8) is 0 Å². The highest BCUT2D eigenvalue weighted by molar-refractivity contribution is 6.01. The van der Waals surface area contributed by atoms with E-state index < -0.39 is 95.0 Å². The summed E-state index contributed by atoms with van der Waals surface area (Å²) in [6, 6.07) is 0. The number of rotatable bonds is 5. The van der Waals surface area contributed by atoms with E-state index in [1.54, 1.807) is 20.8 Å². The summed E-state index contributed by atoms with van der Waals surface area (Å²) in [5, 5.41) is 62.8. The molecule has 5 aliphatic rings. The molecule has 0 aromatic rings. The van der Waals surface area contributed by atoms with Crippen molar-refractivity contribution in [3.8, 4) is 0 Å². The Balaban J connectivity index is 1.40. The third-order valence-electron chi connectivity index (χ3n) is 10.8. The van der Waals surface area contributed by atoms with Crippen LogP contribution in [0.1, 0.15) is 46.5 Å². The van der Waals surface area contributed by atoms with Gasteiger partial charge in [-0.15, -0.1) is 0 Å². The number of aliphatic hydroxyl groups excluding tert-OH is 4. The average molecular weight is 569 g/mol. The van der Waals surface area contributed by atoms with Crippen LogP contribution in [-0.2, 0) is 23.9 Å². The molecule has 12 heteroatoms. The Kier molecular flexibility index (Phi) is 6.98. The molecule has 3 saturated carbocycles. The number of aliphatic carboxylic acids is 1. The second-order valence-corrected chi connectivity index (χ2v) is 12.6. The number of fused-ring (bicyclic) bond motifs is 5. The number of alkyl halides is 1. The summed E-state index contributed by atoms with van der Waals surface area (Å²) < 4.78 is 27.7. The van der Waals surface area contributed by atoms with Crippen molar-refractivity contribution in [2.45, 2.75) is 94.5 Å². The van der Waals surface area contributed by atoms with Crippen LogP contribution in [0.5, 0.6) is 0 Å². The first-order chi connectivity index (χ1) is 18.5. The Hall–Kier alpha value is -2.06. The molecule has 13 atom stereocenters. The van der Waals surface area contributed by atoms with Crippen LogP contribution in [0, 0.1) is 28.6 Å². The maximum atomic E-state index is 17.3. The summed E-state index contributed by atoms with van der Waals surface area (Å²) >= 11 is 0. The van der Waals surface area contributed by atoms with Crippen molar-refractivity contribution < 1.29 is 58.9 Å². The topological polar surface area (TPSA) is 191 Å². The van der Waals surface area contributed by atoms with E-state index in [9.17, 15) is 45.0 Å². The minimum absolute atomic E-state index is 0.233. The number of hydrogen-bond acceptors (Lipinski definition) is 10. The predicted molar refractivity (Wildman–Crippen MR) is 133 cm³/mol. The van der Waals surface area contributed by atoms with E-state index in [1.165, 1.54) is 18.2 Å². The van der Waals surface area contributed by atoms with Crippen LogP contribution in [0.25, 0.3) is 0 Å². The minimum atomic E-state index is -2.13. The van der Waals surface area contributed by atoms with Crippen LogP contribution in [0.4, 0.5) is 4.39 Å². The molecule has 6 N–H and O–H groups in total.